The van der Waals surface area contributed by atoms with Crippen molar-refractivity contribution in [3.05, 3.63) is 99.8 Å². The lowest BCUT2D eigenvalue weighted by atomic mass is 9.87. The summed E-state index contributed by atoms with van der Waals surface area (Å²) < 4.78 is 0. The number of amides is 2. The van der Waals surface area contributed by atoms with Crippen LogP contribution < -0.4 is 5.32 Å². The molecule has 1 N–H and O–H groups in total. The van der Waals surface area contributed by atoms with E-state index in [-0.39, 0.29) is 47.1 Å². The number of pyridine rings is 1. The maximum atomic E-state index is 13.0. The number of Topliss-reactive ketones (excluding diaryl/α,β-unsaturated/α-hetero) is 2. The first-order valence-corrected chi connectivity index (χ1v) is 20.0. The highest BCUT2D eigenvalue weighted by Gasteiger charge is 2.34. The number of aromatic nitrogens is 1. The van der Waals surface area contributed by atoms with E-state index in [0.29, 0.717) is 41.8 Å². The normalized spacial score (nSPS) is 19.7. The number of rotatable bonds is 8. The van der Waals surface area contributed by atoms with Gasteiger partial charge in [0.25, 0.3) is 0 Å². The highest BCUT2D eigenvalue weighted by atomic mass is 35.5. The molecular formula is C42H51Cl2N5O4. The minimum absolute atomic E-state index is 0.00237. The number of carbonyl (C=O) groups excluding carboxylic acids is 4. The van der Waals surface area contributed by atoms with E-state index in [9.17, 15) is 19.2 Å². The van der Waals surface area contributed by atoms with Gasteiger partial charge in [0.05, 0.1) is 0 Å². The van der Waals surface area contributed by atoms with Crippen molar-refractivity contribution in [3.63, 3.8) is 0 Å². The third kappa shape index (κ3) is 10.7. The summed E-state index contributed by atoms with van der Waals surface area (Å²) in [4.78, 5) is 61.2. The Morgan fingerprint density at radius 1 is 0.547 bits per heavy atom. The molecule has 0 saturated carbocycles. The summed E-state index contributed by atoms with van der Waals surface area (Å²) in [5.74, 6) is 1.20. The Kier molecular flexibility index (Phi) is 14.1. The van der Waals surface area contributed by atoms with E-state index in [2.05, 4.69) is 15.2 Å². The van der Waals surface area contributed by atoms with Gasteiger partial charge in [-0.25, -0.2) is 0 Å². The first kappa shape index (κ1) is 39.1. The maximum absolute atomic E-state index is 13.0. The van der Waals surface area contributed by atoms with E-state index in [0.717, 1.165) is 89.7 Å². The highest BCUT2D eigenvalue weighted by Crippen LogP contribution is 2.28. The Hall–Kier alpha value is -3.63. The molecule has 5 heterocycles. The molecule has 2 amide bonds. The Labute approximate surface area is 323 Å². The molecule has 53 heavy (non-hydrogen) atoms. The van der Waals surface area contributed by atoms with E-state index in [1.165, 1.54) is 5.56 Å². The minimum Gasteiger partial charge on any atom is -0.342 e. The summed E-state index contributed by atoms with van der Waals surface area (Å²) in [5, 5.41) is 4.57. The van der Waals surface area contributed by atoms with Crippen LogP contribution in [0.1, 0.15) is 77.6 Å². The number of nitrogens with zero attached hydrogens (tertiary/aromatic N) is 4. The average molecular weight is 761 g/mol. The topological polar surface area (TPSA) is 103 Å². The van der Waals surface area contributed by atoms with E-state index >= 15 is 0 Å². The standard InChI is InChI=1S/C24H28ClN3O2.C18H23ClN2O2/c25-22-3-1-19(2-4-22)23(29)20-9-15-28(16-10-20)24(30)21-7-13-27(14-8-21)17-18-5-11-26-12-6-18;19-16-3-1-13(2-4-16)17(22)14-7-11-21(12-8-14)18(23)15-5-9-20-10-6-15/h1-6,11-12,20-21H,7-10,13-17H2;1-4,14-15,20H,5-12H2. The largest absolute Gasteiger partial charge is 0.342 e. The average Bonchev–Trinajstić information content (AvgIpc) is 3.22. The van der Waals surface area contributed by atoms with Crippen molar-refractivity contribution in [2.75, 3.05) is 52.4 Å². The van der Waals surface area contributed by atoms with Crippen LogP contribution in [-0.2, 0) is 16.1 Å². The van der Waals surface area contributed by atoms with Gasteiger partial charge in [-0.3, -0.25) is 29.1 Å². The van der Waals surface area contributed by atoms with Crippen molar-refractivity contribution in [3.8, 4) is 0 Å². The molecule has 11 heteroatoms. The molecule has 3 aromatic rings. The number of hydrogen-bond donors (Lipinski definition) is 1. The van der Waals surface area contributed by atoms with E-state index in [1.807, 2.05) is 34.3 Å². The second kappa shape index (κ2) is 19.1. The third-order valence-electron chi connectivity index (χ3n) is 11.4. The van der Waals surface area contributed by atoms with Crippen LogP contribution in [0.4, 0.5) is 0 Å². The fourth-order valence-electron chi connectivity index (χ4n) is 8.09. The first-order valence-electron chi connectivity index (χ1n) is 19.2. The van der Waals surface area contributed by atoms with Crippen LogP contribution in [0.25, 0.3) is 0 Å². The Morgan fingerprint density at radius 3 is 1.38 bits per heavy atom. The molecule has 0 unspecified atom stereocenters. The smallest absolute Gasteiger partial charge is 0.225 e. The Balaban J connectivity index is 0.000000188. The Morgan fingerprint density at radius 2 is 0.943 bits per heavy atom. The van der Waals surface area contributed by atoms with Crippen LogP contribution >= 0.6 is 23.2 Å². The van der Waals surface area contributed by atoms with Gasteiger partial charge >= 0.3 is 0 Å². The van der Waals surface area contributed by atoms with Gasteiger partial charge in [0.1, 0.15) is 0 Å². The predicted molar refractivity (Wildman–Crippen MR) is 208 cm³/mol. The number of carbonyl (C=O) groups is 4. The van der Waals surface area contributed by atoms with Crippen molar-refractivity contribution >= 4 is 46.6 Å². The molecule has 0 atom stereocenters. The van der Waals surface area contributed by atoms with Gasteiger partial charge in [-0.1, -0.05) is 23.2 Å². The molecule has 0 spiro atoms. The summed E-state index contributed by atoms with van der Waals surface area (Å²) in [6.45, 7) is 7.44. The second-order valence-electron chi connectivity index (χ2n) is 14.9. The van der Waals surface area contributed by atoms with Crippen molar-refractivity contribution in [1.82, 2.24) is 25.0 Å². The molecule has 9 nitrogen and oxygen atoms in total. The zero-order chi connectivity index (χ0) is 37.2. The molecule has 0 aliphatic carbocycles. The summed E-state index contributed by atoms with van der Waals surface area (Å²) in [6.07, 6.45) is 10.4. The fourth-order valence-corrected chi connectivity index (χ4v) is 8.35. The first-order chi connectivity index (χ1) is 25.7. The predicted octanol–water partition coefficient (Wildman–Crippen LogP) is 6.83. The van der Waals surface area contributed by atoms with E-state index in [4.69, 9.17) is 23.2 Å². The number of benzene rings is 2. The van der Waals surface area contributed by atoms with Gasteiger partial charge in [0.2, 0.25) is 11.8 Å². The van der Waals surface area contributed by atoms with E-state index < -0.39 is 0 Å². The van der Waals surface area contributed by atoms with Gasteiger partial charge in [0.15, 0.2) is 11.6 Å². The van der Waals surface area contributed by atoms with Crippen LogP contribution in [0.15, 0.2) is 73.1 Å². The minimum atomic E-state index is -0.00237. The lowest BCUT2D eigenvalue weighted by Crippen LogP contribution is -2.46. The lowest BCUT2D eigenvalue weighted by Gasteiger charge is -2.37. The van der Waals surface area contributed by atoms with Crippen molar-refractivity contribution in [2.45, 2.75) is 57.9 Å². The van der Waals surface area contributed by atoms with Gasteiger partial charge in [0, 0.05) is 90.0 Å². The summed E-state index contributed by atoms with van der Waals surface area (Å²) >= 11 is 11.8. The monoisotopic (exact) mass is 759 g/mol. The van der Waals surface area contributed by atoms with Gasteiger partial charge in [-0.15, -0.1) is 0 Å². The Bertz CT molecular complexity index is 1660. The molecule has 7 rings (SSSR count). The molecular weight excluding hydrogens is 709 g/mol. The van der Waals surface area contributed by atoms with E-state index in [1.54, 1.807) is 48.5 Å². The van der Waals surface area contributed by atoms with Crippen LogP contribution in [0.3, 0.4) is 0 Å². The molecule has 2 aromatic carbocycles. The van der Waals surface area contributed by atoms with Crippen LogP contribution in [0.5, 0.6) is 0 Å². The van der Waals surface area contributed by atoms with Crippen LogP contribution in [0.2, 0.25) is 10.0 Å². The number of likely N-dealkylation sites (tertiary alicyclic amines) is 3. The molecule has 0 bridgehead atoms. The summed E-state index contributed by atoms with van der Waals surface area (Å²) in [6, 6.07) is 18.3. The van der Waals surface area contributed by atoms with Crippen LogP contribution in [0, 0.1) is 23.7 Å². The van der Waals surface area contributed by atoms with Gasteiger partial charge in [-0.2, -0.15) is 0 Å². The van der Waals surface area contributed by atoms with Crippen LogP contribution in [-0.4, -0.2) is 95.4 Å². The van der Waals surface area contributed by atoms with Gasteiger partial charge < -0.3 is 15.1 Å². The van der Waals surface area contributed by atoms with Gasteiger partial charge in [-0.05, 0) is 144 Å². The molecule has 0 radical (unpaired) electrons. The lowest BCUT2D eigenvalue weighted by molar-refractivity contribution is -0.138. The SMILES string of the molecule is O=C(c1ccc(Cl)cc1)C1CCN(C(=O)C2CCN(Cc3ccncc3)CC2)CC1.O=C(c1ccc(Cl)cc1)C1CCN(C(=O)C2CCNCC2)CC1. The number of nitrogens with one attached hydrogen (secondary N) is 1. The number of halogens is 2. The van der Waals surface area contributed by atoms with Crippen molar-refractivity contribution in [2.24, 2.45) is 23.7 Å². The number of ketones is 2. The molecule has 282 valence electrons. The molecule has 4 fully saturated rings. The maximum Gasteiger partial charge on any atom is 0.225 e. The molecule has 1 aromatic heterocycles. The number of piperidine rings is 4. The van der Waals surface area contributed by atoms with Crippen molar-refractivity contribution < 1.29 is 19.2 Å². The number of hydrogen-bond acceptors (Lipinski definition) is 7. The summed E-state index contributed by atoms with van der Waals surface area (Å²) in [7, 11) is 0. The fraction of sp³-hybridized carbons (Fsp3) is 0.500. The molecule has 4 saturated heterocycles. The quantitative estimate of drug-likeness (QED) is 0.251. The zero-order valence-corrected chi connectivity index (χ0v) is 31.9. The zero-order valence-electron chi connectivity index (χ0n) is 30.4. The van der Waals surface area contributed by atoms with Crippen molar-refractivity contribution in [1.29, 1.82) is 0 Å². The third-order valence-corrected chi connectivity index (χ3v) is 11.9. The molecule has 4 aliphatic rings. The summed E-state index contributed by atoms with van der Waals surface area (Å²) in [5.41, 5.74) is 2.70. The highest BCUT2D eigenvalue weighted by molar-refractivity contribution is 6.31. The second-order valence-corrected chi connectivity index (χ2v) is 15.7. The molecule has 4 aliphatic heterocycles.